The van der Waals surface area contributed by atoms with Gasteiger partial charge >= 0.3 is 6.03 Å². The monoisotopic (exact) mass is 486 g/mol. The first-order chi connectivity index (χ1) is 14.8. The van der Waals surface area contributed by atoms with Crippen LogP contribution in [0.3, 0.4) is 0 Å². The Balaban J connectivity index is 1.68. The predicted octanol–water partition coefficient (Wildman–Crippen LogP) is 6.95. The van der Waals surface area contributed by atoms with E-state index < -0.39 is 24.5 Å². The normalized spacial score (nSPS) is 17.1. The minimum Gasteiger partial charge on any atom is -0.485 e. The van der Waals surface area contributed by atoms with Crippen LogP contribution >= 0.6 is 15.9 Å². The Hall–Kier alpha value is -2.93. The molecule has 0 radical (unpaired) electrons. The third kappa shape index (κ3) is 5.05. The van der Waals surface area contributed by atoms with E-state index in [1.807, 2.05) is 49.4 Å². The van der Waals surface area contributed by atoms with Crippen molar-refractivity contribution in [1.82, 2.24) is 0 Å². The molecule has 0 spiro atoms. The summed E-state index contributed by atoms with van der Waals surface area (Å²) < 4.78 is 35.3. The van der Waals surface area contributed by atoms with E-state index in [0.717, 1.165) is 11.1 Å². The minimum absolute atomic E-state index is 0.258. The van der Waals surface area contributed by atoms with Gasteiger partial charge in [-0.3, -0.25) is 0 Å². The molecule has 0 unspecified atom stereocenters. The van der Waals surface area contributed by atoms with Crippen molar-refractivity contribution in [3.05, 3.63) is 87.9 Å². The molecule has 160 valence electrons. The maximum absolute atomic E-state index is 14.5. The van der Waals surface area contributed by atoms with Crippen molar-refractivity contribution in [2.24, 2.45) is 0 Å². The van der Waals surface area contributed by atoms with Crippen LogP contribution in [-0.4, -0.2) is 18.6 Å². The number of amides is 2. The molecule has 31 heavy (non-hydrogen) atoms. The SMILES string of the molecule is Cc1ccc(NC(=O)Nc2cc(Br)cc3c2OCC(F)(F)C[C@@H]3c2ccccc2)cc1. The summed E-state index contributed by atoms with van der Waals surface area (Å²) in [5.41, 5.74) is 3.39. The van der Waals surface area contributed by atoms with Crippen LogP contribution in [0.5, 0.6) is 5.75 Å². The molecule has 1 atom stereocenters. The number of halogens is 3. The second-order valence-electron chi connectivity index (χ2n) is 7.63. The number of aryl methyl sites for hydroxylation is 1. The lowest BCUT2D eigenvalue weighted by Crippen LogP contribution is -2.26. The topological polar surface area (TPSA) is 50.4 Å². The first-order valence-electron chi connectivity index (χ1n) is 9.84. The Morgan fingerprint density at radius 2 is 1.77 bits per heavy atom. The number of nitrogens with one attached hydrogen (secondary N) is 2. The van der Waals surface area contributed by atoms with Crippen LogP contribution < -0.4 is 15.4 Å². The predicted molar refractivity (Wildman–Crippen MR) is 121 cm³/mol. The highest BCUT2D eigenvalue weighted by Gasteiger charge is 2.40. The summed E-state index contributed by atoms with van der Waals surface area (Å²) in [7, 11) is 0. The van der Waals surface area contributed by atoms with Gasteiger partial charge in [0.15, 0.2) is 6.61 Å². The lowest BCUT2D eigenvalue weighted by atomic mass is 9.86. The molecule has 1 aliphatic rings. The number of benzene rings is 3. The second kappa shape index (κ2) is 8.67. The number of rotatable bonds is 3. The zero-order chi connectivity index (χ0) is 22.0. The van der Waals surface area contributed by atoms with Gasteiger partial charge in [-0.2, -0.15) is 0 Å². The Labute approximate surface area is 187 Å². The lowest BCUT2D eigenvalue weighted by molar-refractivity contribution is -0.0448. The van der Waals surface area contributed by atoms with Crippen LogP contribution in [0.1, 0.15) is 29.0 Å². The van der Waals surface area contributed by atoms with Crippen LogP contribution in [0.4, 0.5) is 25.0 Å². The largest absolute Gasteiger partial charge is 0.485 e. The molecule has 3 aromatic carbocycles. The zero-order valence-corrected chi connectivity index (χ0v) is 18.4. The molecule has 0 aliphatic carbocycles. The van der Waals surface area contributed by atoms with Crippen molar-refractivity contribution < 1.29 is 18.3 Å². The van der Waals surface area contributed by atoms with Gasteiger partial charge in [0.1, 0.15) is 5.75 Å². The summed E-state index contributed by atoms with van der Waals surface area (Å²) in [5, 5.41) is 5.50. The molecule has 1 heterocycles. The molecule has 1 aliphatic heterocycles. The number of anilines is 2. The van der Waals surface area contributed by atoms with Crippen molar-refractivity contribution in [3.63, 3.8) is 0 Å². The summed E-state index contributed by atoms with van der Waals surface area (Å²) in [6, 6.07) is 19.4. The fraction of sp³-hybridized carbons (Fsp3) is 0.208. The highest BCUT2D eigenvalue weighted by molar-refractivity contribution is 9.10. The van der Waals surface area contributed by atoms with Crippen LogP contribution in [0.15, 0.2) is 71.2 Å². The number of carbonyl (C=O) groups excluding carboxylic acids is 1. The summed E-state index contributed by atoms with van der Waals surface area (Å²) in [5.74, 6) is -3.33. The smallest absolute Gasteiger partial charge is 0.323 e. The van der Waals surface area contributed by atoms with Gasteiger partial charge in [-0.25, -0.2) is 13.6 Å². The molecular formula is C24H21BrF2N2O2. The molecule has 7 heteroatoms. The first kappa shape index (κ1) is 21.3. The fourth-order valence-electron chi connectivity index (χ4n) is 3.68. The second-order valence-corrected chi connectivity index (χ2v) is 8.54. The fourth-order valence-corrected chi connectivity index (χ4v) is 4.15. The Morgan fingerprint density at radius 1 is 1.06 bits per heavy atom. The molecule has 0 saturated heterocycles. The van der Waals surface area contributed by atoms with E-state index in [9.17, 15) is 13.6 Å². The molecule has 0 aromatic heterocycles. The van der Waals surface area contributed by atoms with Crippen LogP contribution in [0.25, 0.3) is 0 Å². The van der Waals surface area contributed by atoms with Gasteiger partial charge in [0.2, 0.25) is 0 Å². The van der Waals surface area contributed by atoms with Crippen molar-refractivity contribution in [2.75, 3.05) is 17.2 Å². The molecule has 2 N–H and O–H groups in total. The van der Waals surface area contributed by atoms with E-state index in [1.54, 1.807) is 24.3 Å². The third-order valence-electron chi connectivity index (χ3n) is 5.15. The zero-order valence-electron chi connectivity index (χ0n) is 16.8. The average molecular weight is 487 g/mol. The van der Waals surface area contributed by atoms with Crippen molar-refractivity contribution in [2.45, 2.75) is 25.2 Å². The molecule has 0 fully saturated rings. The highest BCUT2D eigenvalue weighted by atomic mass is 79.9. The molecule has 2 amide bonds. The van der Waals surface area contributed by atoms with Gasteiger partial charge in [0, 0.05) is 28.1 Å². The van der Waals surface area contributed by atoms with E-state index in [0.29, 0.717) is 21.4 Å². The standard InChI is InChI=1S/C24H21BrF2N2O2/c1-15-7-9-18(10-8-15)28-23(30)29-21-12-17(25)11-19-20(16-5-3-2-4-6-16)13-24(26,27)14-31-22(19)21/h2-12,20H,13-14H2,1H3,(H2,28,29,30)/t20-/m1/s1. The summed E-state index contributed by atoms with van der Waals surface area (Å²) in [6.45, 7) is 1.20. The van der Waals surface area contributed by atoms with E-state index >= 15 is 0 Å². The summed E-state index contributed by atoms with van der Waals surface area (Å²) in [4.78, 5) is 12.6. The van der Waals surface area contributed by atoms with E-state index in [1.165, 1.54) is 0 Å². The number of alkyl halides is 2. The van der Waals surface area contributed by atoms with Gasteiger partial charge in [-0.1, -0.05) is 64.0 Å². The maximum atomic E-state index is 14.5. The summed E-state index contributed by atoms with van der Waals surface area (Å²) in [6.07, 6.45) is -0.379. The Bertz CT molecular complexity index is 1090. The molecule has 4 nitrogen and oxygen atoms in total. The first-order valence-corrected chi connectivity index (χ1v) is 10.6. The Kier molecular flexibility index (Phi) is 5.96. The molecule has 0 saturated carbocycles. The van der Waals surface area contributed by atoms with Crippen LogP contribution in [-0.2, 0) is 0 Å². The molecular weight excluding hydrogens is 466 g/mol. The van der Waals surface area contributed by atoms with Crippen LogP contribution in [0, 0.1) is 6.92 Å². The maximum Gasteiger partial charge on any atom is 0.323 e. The number of fused-ring (bicyclic) bond motifs is 1. The lowest BCUT2D eigenvalue weighted by Gasteiger charge is -2.21. The molecule has 3 aromatic rings. The van der Waals surface area contributed by atoms with E-state index in [-0.39, 0.29) is 12.2 Å². The van der Waals surface area contributed by atoms with Gasteiger partial charge < -0.3 is 15.4 Å². The van der Waals surface area contributed by atoms with E-state index in [2.05, 4.69) is 26.6 Å². The third-order valence-corrected chi connectivity index (χ3v) is 5.61. The highest BCUT2D eigenvalue weighted by Crippen LogP contribution is 2.46. The van der Waals surface area contributed by atoms with Crippen molar-refractivity contribution in [1.29, 1.82) is 0 Å². The number of hydrogen-bond donors (Lipinski definition) is 2. The number of urea groups is 1. The molecule has 0 bridgehead atoms. The van der Waals surface area contributed by atoms with Crippen molar-refractivity contribution >= 4 is 33.3 Å². The average Bonchev–Trinajstić information content (AvgIpc) is 2.86. The minimum atomic E-state index is -3.01. The Morgan fingerprint density at radius 3 is 2.48 bits per heavy atom. The van der Waals surface area contributed by atoms with Crippen molar-refractivity contribution in [3.8, 4) is 5.75 Å². The van der Waals surface area contributed by atoms with E-state index in [4.69, 9.17) is 4.74 Å². The number of hydrogen-bond acceptors (Lipinski definition) is 2. The summed E-state index contributed by atoms with van der Waals surface area (Å²) >= 11 is 3.45. The van der Waals surface area contributed by atoms with Crippen LogP contribution in [0.2, 0.25) is 0 Å². The quantitative estimate of drug-likeness (QED) is 0.420. The molecule has 4 rings (SSSR count). The number of ether oxygens (including phenoxy) is 1. The van der Waals surface area contributed by atoms with Gasteiger partial charge in [0.25, 0.3) is 5.92 Å². The van der Waals surface area contributed by atoms with Gasteiger partial charge in [-0.05, 0) is 36.8 Å². The van der Waals surface area contributed by atoms with Gasteiger partial charge in [0.05, 0.1) is 5.69 Å². The number of carbonyl (C=O) groups is 1. The van der Waals surface area contributed by atoms with Gasteiger partial charge in [-0.15, -0.1) is 0 Å².